The molecule has 0 spiro atoms. The number of rotatable bonds is 3. The first-order valence-corrected chi connectivity index (χ1v) is 6.92. The van der Waals surface area contributed by atoms with Gasteiger partial charge in [-0.1, -0.05) is 23.2 Å². The van der Waals surface area contributed by atoms with Gasteiger partial charge in [-0.25, -0.2) is 4.39 Å². The molecule has 0 heterocycles. The van der Waals surface area contributed by atoms with E-state index in [1.165, 1.54) is 23.9 Å². The maximum Gasteiger partial charge on any atom is 0.123 e. The third-order valence-electron chi connectivity index (χ3n) is 2.35. The van der Waals surface area contributed by atoms with Gasteiger partial charge >= 0.3 is 0 Å². The smallest absolute Gasteiger partial charge is 0.123 e. The van der Waals surface area contributed by atoms with Crippen LogP contribution >= 0.6 is 35.0 Å². The number of hydrogen-bond donors (Lipinski definition) is 1. The van der Waals surface area contributed by atoms with Crippen molar-refractivity contribution in [3.63, 3.8) is 0 Å². The Balaban J connectivity index is 2.16. The molecule has 0 aromatic heterocycles. The van der Waals surface area contributed by atoms with Crippen LogP contribution in [-0.4, -0.2) is 0 Å². The summed E-state index contributed by atoms with van der Waals surface area (Å²) in [6, 6.07) is 9.58. The van der Waals surface area contributed by atoms with Crippen LogP contribution in [0.3, 0.4) is 0 Å². The third kappa shape index (κ3) is 3.31. The summed E-state index contributed by atoms with van der Waals surface area (Å²) in [6.45, 7) is 0. The van der Waals surface area contributed by atoms with Gasteiger partial charge in [0.05, 0.1) is 5.02 Å². The summed E-state index contributed by atoms with van der Waals surface area (Å²) >= 11 is 13.5. The average Bonchev–Trinajstić information content (AvgIpc) is 2.34. The number of thioether (sulfide) groups is 1. The van der Waals surface area contributed by atoms with Crippen molar-refractivity contribution in [2.24, 2.45) is 0 Å². The summed E-state index contributed by atoms with van der Waals surface area (Å²) < 4.78 is 13.1. The largest absolute Gasteiger partial charge is 0.399 e. The van der Waals surface area contributed by atoms with E-state index in [1.54, 1.807) is 24.3 Å². The first-order valence-electron chi connectivity index (χ1n) is 5.18. The second-order valence-electron chi connectivity index (χ2n) is 3.71. The van der Waals surface area contributed by atoms with Gasteiger partial charge in [-0.3, -0.25) is 0 Å². The minimum Gasteiger partial charge on any atom is -0.399 e. The highest BCUT2D eigenvalue weighted by Gasteiger charge is 2.06. The van der Waals surface area contributed by atoms with Crippen LogP contribution in [0.5, 0.6) is 0 Å². The quantitative estimate of drug-likeness (QED) is 0.637. The molecule has 0 atom stereocenters. The Hall–Kier alpha value is -0.900. The number of anilines is 1. The molecule has 0 amide bonds. The maximum absolute atomic E-state index is 13.1. The molecule has 0 radical (unpaired) electrons. The minimum atomic E-state index is -0.298. The van der Waals surface area contributed by atoms with Crippen LogP contribution in [0.1, 0.15) is 5.56 Å². The van der Waals surface area contributed by atoms with Gasteiger partial charge in [0, 0.05) is 21.4 Å². The molecule has 2 N–H and O–H groups in total. The van der Waals surface area contributed by atoms with Crippen LogP contribution in [0.4, 0.5) is 10.1 Å². The van der Waals surface area contributed by atoms with E-state index < -0.39 is 0 Å². The molecule has 2 aromatic carbocycles. The van der Waals surface area contributed by atoms with Crippen molar-refractivity contribution in [1.29, 1.82) is 0 Å². The lowest BCUT2D eigenvalue weighted by Crippen LogP contribution is -1.88. The number of halogens is 3. The number of hydrogen-bond acceptors (Lipinski definition) is 2. The van der Waals surface area contributed by atoms with Gasteiger partial charge in [-0.15, -0.1) is 11.8 Å². The molecule has 0 saturated carbocycles. The van der Waals surface area contributed by atoms with Crippen molar-refractivity contribution in [3.8, 4) is 0 Å². The highest BCUT2D eigenvalue weighted by molar-refractivity contribution is 7.98. The molecule has 0 aliphatic carbocycles. The Morgan fingerprint density at radius 1 is 1.06 bits per heavy atom. The van der Waals surface area contributed by atoms with Gasteiger partial charge in [-0.05, 0) is 42.0 Å². The second kappa shape index (κ2) is 5.83. The number of nitrogens with two attached hydrogens (primary N) is 1. The lowest BCUT2D eigenvalue weighted by molar-refractivity contribution is 0.626. The van der Waals surface area contributed by atoms with Gasteiger partial charge in [0.1, 0.15) is 5.82 Å². The Kier molecular flexibility index (Phi) is 4.38. The molecule has 0 aliphatic heterocycles. The molecule has 5 heteroatoms. The van der Waals surface area contributed by atoms with Gasteiger partial charge in [0.2, 0.25) is 0 Å². The van der Waals surface area contributed by atoms with Crippen molar-refractivity contribution in [2.45, 2.75) is 10.6 Å². The van der Waals surface area contributed by atoms with E-state index >= 15 is 0 Å². The van der Waals surface area contributed by atoms with E-state index in [1.807, 2.05) is 0 Å². The highest BCUT2D eigenvalue weighted by Crippen LogP contribution is 2.33. The molecule has 18 heavy (non-hydrogen) atoms. The van der Waals surface area contributed by atoms with Crippen LogP contribution in [0.25, 0.3) is 0 Å². The van der Waals surface area contributed by atoms with Crippen LogP contribution in [0.15, 0.2) is 41.3 Å². The topological polar surface area (TPSA) is 26.0 Å². The lowest BCUT2D eigenvalue weighted by Gasteiger charge is -2.07. The van der Waals surface area contributed by atoms with Crippen LogP contribution in [-0.2, 0) is 5.75 Å². The average molecular weight is 302 g/mol. The highest BCUT2D eigenvalue weighted by atomic mass is 35.5. The van der Waals surface area contributed by atoms with Crippen molar-refractivity contribution in [2.75, 3.05) is 5.73 Å². The minimum absolute atomic E-state index is 0.298. The van der Waals surface area contributed by atoms with E-state index in [0.29, 0.717) is 21.5 Å². The van der Waals surface area contributed by atoms with Gasteiger partial charge in [0.25, 0.3) is 0 Å². The van der Waals surface area contributed by atoms with Crippen molar-refractivity contribution in [3.05, 3.63) is 57.8 Å². The molecular weight excluding hydrogens is 292 g/mol. The fourth-order valence-corrected chi connectivity index (χ4v) is 2.96. The molecule has 2 rings (SSSR count). The van der Waals surface area contributed by atoms with E-state index in [0.717, 1.165) is 10.5 Å². The number of benzene rings is 2. The molecule has 2 aromatic rings. The van der Waals surface area contributed by atoms with Crippen molar-refractivity contribution >= 4 is 40.7 Å². The fraction of sp³-hybridized carbons (Fsp3) is 0.0769. The molecule has 0 aliphatic rings. The summed E-state index contributed by atoms with van der Waals surface area (Å²) in [7, 11) is 0. The first kappa shape index (κ1) is 13.5. The maximum atomic E-state index is 13.1. The Bertz CT molecular complexity index is 523. The standard InChI is InChI=1S/C13H10Cl2FNS/c14-11-3-1-9(16)5-8(11)7-18-13-6-10(17)2-4-12(13)15/h1-6H,7,17H2. The van der Waals surface area contributed by atoms with E-state index in [4.69, 9.17) is 28.9 Å². The SMILES string of the molecule is Nc1ccc(Cl)c(SCc2cc(F)ccc2Cl)c1. The Morgan fingerprint density at radius 3 is 2.56 bits per heavy atom. The molecular formula is C13H10Cl2FNS. The van der Waals surface area contributed by atoms with Crippen molar-refractivity contribution in [1.82, 2.24) is 0 Å². The predicted molar refractivity (Wildman–Crippen MR) is 76.8 cm³/mol. The lowest BCUT2D eigenvalue weighted by atomic mass is 10.2. The van der Waals surface area contributed by atoms with Crippen LogP contribution in [0.2, 0.25) is 10.0 Å². The molecule has 0 fully saturated rings. The zero-order valence-corrected chi connectivity index (χ0v) is 11.6. The Labute approximate surface area is 119 Å². The molecule has 94 valence electrons. The Morgan fingerprint density at radius 2 is 1.78 bits per heavy atom. The second-order valence-corrected chi connectivity index (χ2v) is 5.55. The third-order valence-corrected chi connectivity index (χ3v) is 4.26. The summed E-state index contributed by atoms with van der Waals surface area (Å²) in [5.41, 5.74) is 7.07. The van der Waals surface area contributed by atoms with Gasteiger partial charge in [0.15, 0.2) is 0 Å². The van der Waals surface area contributed by atoms with E-state index in [9.17, 15) is 4.39 Å². The van der Waals surface area contributed by atoms with Crippen molar-refractivity contribution < 1.29 is 4.39 Å². The molecule has 0 saturated heterocycles. The fourth-order valence-electron chi connectivity index (χ4n) is 1.44. The normalized spacial score (nSPS) is 10.6. The summed E-state index contributed by atoms with van der Waals surface area (Å²) in [4.78, 5) is 0.858. The summed E-state index contributed by atoms with van der Waals surface area (Å²) in [5.74, 6) is 0.244. The predicted octanol–water partition coefficient (Wildman–Crippen LogP) is 5.01. The first-order chi connectivity index (χ1) is 8.56. The van der Waals surface area contributed by atoms with E-state index in [-0.39, 0.29) is 5.82 Å². The van der Waals surface area contributed by atoms with Gasteiger partial charge < -0.3 is 5.73 Å². The zero-order chi connectivity index (χ0) is 13.1. The van der Waals surface area contributed by atoms with Crippen LogP contribution < -0.4 is 5.73 Å². The molecule has 1 nitrogen and oxygen atoms in total. The monoisotopic (exact) mass is 301 g/mol. The van der Waals surface area contributed by atoms with Crippen LogP contribution in [0, 0.1) is 5.82 Å². The molecule has 0 unspecified atom stereocenters. The van der Waals surface area contributed by atoms with Gasteiger partial charge in [-0.2, -0.15) is 0 Å². The summed E-state index contributed by atoms with van der Waals surface area (Å²) in [6.07, 6.45) is 0. The summed E-state index contributed by atoms with van der Waals surface area (Å²) in [5, 5.41) is 1.17. The molecule has 0 bridgehead atoms. The van der Waals surface area contributed by atoms with E-state index in [2.05, 4.69) is 0 Å². The zero-order valence-electron chi connectivity index (χ0n) is 9.29. The number of nitrogen functional groups attached to an aromatic ring is 1.